The lowest BCUT2D eigenvalue weighted by molar-refractivity contribution is -0.152. The monoisotopic (exact) mass is 408 g/mol. The minimum atomic E-state index is -1.12. The van der Waals surface area contributed by atoms with Crippen molar-refractivity contribution >= 4 is 29.4 Å². The van der Waals surface area contributed by atoms with Gasteiger partial charge in [-0.2, -0.15) is 0 Å². The second kappa shape index (κ2) is 8.49. The molecule has 2 aromatic rings. The van der Waals surface area contributed by atoms with E-state index < -0.39 is 36.3 Å². The molecule has 0 saturated heterocycles. The Morgan fingerprint density at radius 2 is 1.57 bits per heavy atom. The lowest BCUT2D eigenvalue weighted by Gasteiger charge is -2.27. The largest absolute Gasteiger partial charge is 0.454 e. The van der Waals surface area contributed by atoms with E-state index in [-0.39, 0.29) is 17.0 Å². The fourth-order valence-corrected chi connectivity index (χ4v) is 3.43. The maximum Gasteiger partial charge on any atom is 0.330 e. The number of imide groups is 1. The van der Waals surface area contributed by atoms with E-state index in [0.29, 0.717) is 5.69 Å². The van der Waals surface area contributed by atoms with Crippen LogP contribution in [0.1, 0.15) is 45.7 Å². The Bertz CT molecular complexity index is 993. The maximum absolute atomic E-state index is 12.7. The van der Waals surface area contributed by atoms with Gasteiger partial charge in [-0.05, 0) is 49.1 Å². The summed E-state index contributed by atoms with van der Waals surface area (Å²) in [6.45, 7) is 6.73. The zero-order valence-corrected chi connectivity index (χ0v) is 17.4. The highest BCUT2D eigenvalue weighted by molar-refractivity contribution is 6.22. The number of carbonyl (C=O) groups is 4. The first-order valence-electron chi connectivity index (χ1n) is 9.72. The first-order valence-corrected chi connectivity index (χ1v) is 9.72. The van der Waals surface area contributed by atoms with Crippen LogP contribution in [0.5, 0.6) is 0 Å². The number of esters is 1. The van der Waals surface area contributed by atoms with Crippen molar-refractivity contribution in [1.29, 1.82) is 0 Å². The molecule has 3 rings (SSSR count). The Morgan fingerprint density at radius 1 is 0.967 bits per heavy atom. The third kappa shape index (κ3) is 3.96. The fourth-order valence-electron chi connectivity index (χ4n) is 3.43. The molecular weight excluding hydrogens is 384 g/mol. The zero-order chi connectivity index (χ0) is 22.0. The van der Waals surface area contributed by atoms with E-state index in [0.717, 1.165) is 16.0 Å². The molecule has 0 aliphatic carbocycles. The summed E-state index contributed by atoms with van der Waals surface area (Å²) < 4.78 is 5.18. The van der Waals surface area contributed by atoms with Gasteiger partial charge < -0.3 is 10.1 Å². The topological polar surface area (TPSA) is 92.8 Å². The lowest BCUT2D eigenvalue weighted by atomic mass is 10.0. The number of amides is 3. The first-order chi connectivity index (χ1) is 14.2. The van der Waals surface area contributed by atoms with Crippen LogP contribution < -0.4 is 5.32 Å². The molecule has 7 nitrogen and oxygen atoms in total. The molecule has 7 heteroatoms. The van der Waals surface area contributed by atoms with Gasteiger partial charge >= 0.3 is 5.97 Å². The number of ether oxygens (including phenoxy) is 1. The molecule has 156 valence electrons. The number of anilines is 1. The van der Waals surface area contributed by atoms with E-state index in [1.54, 1.807) is 44.2 Å². The van der Waals surface area contributed by atoms with Gasteiger partial charge in [0.25, 0.3) is 17.7 Å². The SMILES string of the molecule is Cc1cccc(NC(=O)COC(=O)C(C(C)C)N2C(=O)c3ccccc3C2=O)c1C. The Balaban J connectivity index is 1.70. The predicted octanol–water partition coefficient (Wildman–Crippen LogP) is 3.11. The summed E-state index contributed by atoms with van der Waals surface area (Å²) in [6, 6.07) is 10.8. The van der Waals surface area contributed by atoms with Gasteiger partial charge in [0, 0.05) is 5.69 Å². The van der Waals surface area contributed by atoms with Crippen LogP contribution in [0.3, 0.4) is 0 Å². The number of hydrogen-bond donors (Lipinski definition) is 1. The van der Waals surface area contributed by atoms with Gasteiger partial charge in [0.2, 0.25) is 0 Å². The van der Waals surface area contributed by atoms with Crippen LogP contribution in [0, 0.1) is 19.8 Å². The predicted molar refractivity (Wildman–Crippen MR) is 111 cm³/mol. The number of carbonyl (C=O) groups excluding carboxylic acids is 4. The average Bonchev–Trinajstić information content (AvgIpc) is 2.95. The summed E-state index contributed by atoms with van der Waals surface area (Å²) in [7, 11) is 0. The smallest absolute Gasteiger partial charge is 0.330 e. The molecule has 1 atom stereocenters. The number of hydrogen-bond acceptors (Lipinski definition) is 5. The molecule has 1 N–H and O–H groups in total. The molecule has 2 aromatic carbocycles. The van der Waals surface area contributed by atoms with E-state index in [9.17, 15) is 19.2 Å². The van der Waals surface area contributed by atoms with Gasteiger partial charge in [-0.3, -0.25) is 19.3 Å². The zero-order valence-electron chi connectivity index (χ0n) is 17.4. The number of rotatable bonds is 6. The van der Waals surface area contributed by atoms with E-state index in [1.807, 2.05) is 26.0 Å². The summed E-state index contributed by atoms with van der Waals surface area (Å²) in [5, 5.41) is 2.71. The van der Waals surface area contributed by atoms with Crippen molar-refractivity contribution in [2.24, 2.45) is 5.92 Å². The second-order valence-corrected chi connectivity index (χ2v) is 7.62. The molecule has 1 heterocycles. The van der Waals surface area contributed by atoms with Crippen molar-refractivity contribution in [3.63, 3.8) is 0 Å². The summed E-state index contributed by atoms with van der Waals surface area (Å²) in [4.78, 5) is 51.4. The van der Waals surface area contributed by atoms with Crippen LogP contribution in [0.4, 0.5) is 5.69 Å². The molecule has 3 amide bonds. The molecule has 1 unspecified atom stereocenters. The fraction of sp³-hybridized carbons (Fsp3) is 0.304. The summed E-state index contributed by atoms with van der Waals surface area (Å²) in [5.41, 5.74) is 3.09. The molecule has 30 heavy (non-hydrogen) atoms. The molecule has 0 aromatic heterocycles. The van der Waals surface area contributed by atoms with Crippen LogP contribution in [-0.4, -0.2) is 41.2 Å². The highest BCUT2D eigenvalue weighted by Gasteiger charge is 2.44. The second-order valence-electron chi connectivity index (χ2n) is 7.62. The molecule has 0 radical (unpaired) electrons. The van der Waals surface area contributed by atoms with Crippen LogP contribution in [-0.2, 0) is 14.3 Å². The van der Waals surface area contributed by atoms with Gasteiger partial charge in [0.05, 0.1) is 11.1 Å². The number of benzene rings is 2. The summed E-state index contributed by atoms with van der Waals surface area (Å²) >= 11 is 0. The summed E-state index contributed by atoms with van der Waals surface area (Å²) in [6.07, 6.45) is 0. The van der Waals surface area contributed by atoms with Crippen molar-refractivity contribution in [2.45, 2.75) is 33.7 Å². The average molecular weight is 408 g/mol. The third-order valence-electron chi connectivity index (χ3n) is 5.20. The minimum Gasteiger partial charge on any atom is -0.454 e. The number of nitrogens with zero attached hydrogens (tertiary/aromatic N) is 1. The number of aryl methyl sites for hydroxylation is 1. The van der Waals surface area contributed by atoms with Crippen molar-refractivity contribution in [1.82, 2.24) is 4.90 Å². The van der Waals surface area contributed by atoms with Gasteiger partial charge in [-0.1, -0.05) is 38.1 Å². The summed E-state index contributed by atoms with van der Waals surface area (Å²) in [5.74, 6) is -2.75. The third-order valence-corrected chi connectivity index (χ3v) is 5.20. The molecule has 0 saturated carbocycles. The minimum absolute atomic E-state index is 0.258. The molecule has 0 spiro atoms. The quantitative estimate of drug-likeness (QED) is 0.586. The Labute approximate surface area is 175 Å². The van der Waals surface area contributed by atoms with Crippen LogP contribution in [0.2, 0.25) is 0 Å². The van der Waals surface area contributed by atoms with Gasteiger partial charge in [-0.15, -0.1) is 0 Å². The van der Waals surface area contributed by atoms with Crippen LogP contribution in [0.15, 0.2) is 42.5 Å². The van der Waals surface area contributed by atoms with E-state index in [4.69, 9.17) is 4.74 Å². The molecule has 0 bridgehead atoms. The highest BCUT2D eigenvalue weighted by atomic mass is 16.5. The number of fused-ring (bicyclic) bond motifs is 1. The molecule has 0 fully saturated rings. The Hall–Kier alpha value is -3.48. The Kier molecular flexibility index (Phi) is 6.01. The van der Waals surface area contributed by atoms with Crippen molar-refractivity contribution in [3.8, 4) is 0 Å². The molecular formula is C23H24N2O5. The van der Waals surface area contributed by atoms with E-state index >= 15 is 0 Å². The number of nitrogens with one attached hydrogen (secondary N) is 1. The molecule has 1 aliphatic heterocycles. The normalized spacial score (nSPS) is 14.0. The molecule has 1 aliphatic rings. The van der Waals surface area contributed by atoms with E-state index in [2.05, 4.69) is 5.32 Å². The highest BCUT2D eigenvalue weighted by Crippen LogP contribution is 2.27. The van der Waals surface area contributed by atoms with Gasteiger partial charge in [0.1, 0.15) is 6.04 Å². The lowest BCUT2D eigenvalue weighted by Crippen LogP contribution is -2.49. The standard InChI is InChI=1S/C23H24N2O5/c1-13(2)20(25-21(27)16-9-5-6-10-17(16)22(25)28)23(29)30-12-19(26)24-18-11-7-8-14(3)15(18)4/h5-11,13,20H,12H2,1-4H3,(H,24,26). The Morgan fingerprint density at radius 3 is 2.13 bits per heavy atom. The maximum atomic E-state index is 12.7. The van der Waals surface area contributed by atoms with Crippen LogP contribution in [0.25, 0.3) is 0 Å². The first kappa shape index (κ1) is 21.2. The van der Waals surface area contributed by atoms with Crippen molar-refractivity contribution in [2.75, 3.05) is 11.9 Å². The van der Waals surface area contributed by atoms with Crippen molar-refractivity contribution in [3.05, 3.63) is 64.7 Å². The van der Waals surface area contributed by atoms with Crippen LogP contribution >= 0.6 is 0 Å². The van der Waals surface area contributed by atoms with Gasteiger partial charge in [0.15, 0.2) is 6.61 Å². The van der Waals surface area contributed by atoms with Crippen molar-refractivity contribution < 1.29 is 23.9 Å². The van der Waals surface area contributed by atoms with E-state index in [1.165, 1.54) is 0 Å². The van der Waals surface area contributed by atoms with Gasteiger partial charge in [-0.25, -0.2) is 4.79 Å².